The van der Waals surface area contributed by atoms with Gasteiger partial charge in [-0.25, -0.2) is 13.6 Å². The summed E-state index contributed by atoms with van der Waals surface area (Å²) in [5, 5.41) is 23.4. The van der Waals surface area contributed by atoms with E-state index in [0.717, 1.165) is 6.07 Å². The number of nitrogen functional groups attached to an aromatic ring is 1. The molecule has 0 fully saturated rings. The van der Waals surface area contributed by atoms with Crippen LogP contribution in [0.25, 0.3) is 11.1 Å². The summed E-state index contributed by atoms with van der Waals surface area (Å²) < 4.78 is 27.3. The summed E-state index contributed by atoms with van der Waals surface area (Å²) in [6.07, 6.45) is 0. The largest absolute Gasteiger partial charge is 0.503 e. The normalized spacial score (nSPS) is 11.5. The summed E-state index contributed by atoms with van der Waals surface area (Å²) in [4.78, 5) is 2.97. The number of fused-ring (bicyclic) bond motifs is 1. The number of primary sulfonamides is 1. The van der Waals surface area contributed by atoms with E-state index in [1.165, 1.54) is 0 Å². The van der Waals surface area contributed by atoms with Crippen LogP contribution in [-0.4, -0.2) is 18.5 Å². The van der Waals surface area contributed by atoms with Gasteiger partial charge in [0.25, 0.3) is 6.01 Å². The third-order valence-electron chi connectivity index (χ3n) is 2.03. The molecule has 0 saturated carbocycles. The Bertz CT molecular complexity index is 756. The number of aromatic hydroxyl groups is 1. The topological polar surface area (TPSA) is 156 Å². The summed E-state index contributed by atoms with van der Waals surface area (Å²) in [7, 11) is -4.26. The zero-order chi connectivity index (χ0) is 12.8. The van der Waals surface area contributed by atoms with Crippen molar-refractivity contribution in [2.75, 3.05) is 5.73 Å². The number of phenols is 1. The van der Waals surface area contributed by atoms with E-state index in [4.69, 9.17) is 20.6 Å². The molecule has 5 N–H and O–H groups in total. The van der Waals surface area contributed by atoms with Crippen molar-refractivity contribution in [1.29, 1.82) is 5.26 Å². The second-order valence-electron chi connectivity index (χ2n) is 3.16. The molecule has 0 aliphatic rings. The Labute approximate surface area is 95.1 Å². The fourth-order valence-electron chi connectivity index (χ4n) is 1.42. The number of aromatic nitrogens is 1. The third-order valence-corrected chi connectivity index (χ3v) is 3.01. The molecule has 2 aromatic rings. The molecule has 0 atom stereocenters. The molecule has 0 spiro atoms. The number of phenolic OH excluding ortho intramolecular Hbond substituents is 1. The predicted octanol–water partition coefficient (Wildman–Crippen LogP) is -0.365. The first-order chi connectivity index (χ1) is 7.84. The molecule has 8 nitrogen and oxygen atoms in total. The minimum Gasteiger partial charge on any atom is -0.503 e. The summed E-state index contributed by atoms with van der Waals surface area (Å²) in [6.45, 7) is 0. The standard InChI is InChI=1S/C8H6N4O4S/c9-2-3-1-4-6(16-8(10)12-4)5(13)7(3)17(11,14)15/h1,13H,(H2,10,12)(H2,11,14,15). The number of nitriles is 1. The average molecular weight is 254 g/mol. The van der Waals surface area contributed by atoms with E-state index in [-0.39, 0.29) is 22.7 Å². The van der Waals surface area contributed by atoms with Crippen LogP contribution in [0.1, 0.15) is 5.56 Å². The highest BCUT2D eigenvalue weighted by Crippen LogP contribution is 2.34. The lowest BCUT2D eigenvalue weighted by Gasteiger charge is -2.03. The molecule has 1 heterocycles. The van der Waals surface area contributed by atoms with Gasteiger partial charge in [-0.3, -0.25) is 0 Å². The van der Waals surface area contributed by atoms with E-state index in [1.54, 1.807) is 6.07 Å². The first kappa shape index (κ1) is 11.2. The highest BCUT2D eigenvalue weighted by molar-refractivity contribution is 7.89. The lowest BCUT2D eigenvalue weighted by molar-refractivity contribution is 0.451. The molecule has 1 aromatic carbocycles. The van der Waals surface area contributed by atoms with Crippen molar-refractivity contribution in [3.8, 4) is 11.8 Å². The van der Waals surface area contributed by atoms with Crippen LogP contribution in [-0.2, 0) is 10.0 Å². The Morgan fingerprint density at radius 1 is 1.53 bits per heavy atom. The number of hydrogen-bond acceptors (Lipinski definition) is 7. The highest BCUT2D eigenvalue weighted by Gasteiger charge is 2.24. The van der Waals surface area contributed by atoms with Gasteiger partial charge in [-0.05, 0) is 6.07 Å². The van der Waals surface area contributed by atoms with Crippen molar-refractivity contribution in [3.05, 3.63) is 11.6 Å². The lowest BCUT2D eigenvalue weighted by Crippen LogP contribution is -2.14. The molecule has 2 rings (SSSR count). The molecule has 0 aliphatic heterocycles. The molecule has 1 aromatic heterocycles. The lowest BCUT2D eigenvalue weighted by atomic mass is 10.2. The van der Waals surface area contributed by atoms with Gasteiger partial charge in [0, 0.05) is 0 Å². The maximum absolute atomic E-state index is 11.3. The summed E-state index contributed by atoms with van der Waals surface area (Å²) >= 11 is 0. The Balaban J connectivity index is 3.02. The molecule has 0 unspecified atom stereocenters. The van der Waals surface area contributed by atoms with Crippen LogP contribution in [0.4, 0.5) is 6.01 Å². The first-order valence-corrected chi connectivity index (χ1v) is 5.74. The molecule has 0 radical (unpaired) electrons. The maximum atomic E-state index is 11.3. The minimum absolute atomic E-state index is 0.0731. The fourth-order valence-corrected chi connectivity index (χ4v) is 2.19. The summed E-state index contributed by atoms with van der Waals surface area (Å²) in [5.74, 6) is -0.772. The predicted molar refractivity (Wildman–Crippen MR) is 56.2 cm³/mol. The van der Waals surface area contributed by atoms with Gasteiger partial charge < -0.3 is 15.3 Å². The SMILES string of the molecule is N#Cc1cc2nc(N)oc2c(O)c1S(N)(=O)=O. The Hall–Kier alpha value is -2.31. The van der Waals surface area contributed by atoms with Crippen LogP contribution < -0.4 is 10.9 Å². The number of nitrogens with two attached hydrogens (primary N) is 2. The van der Waals surface area contributed by atoms with Gasteiger partial charge in [0.15, 0.2) is 11.3 Å². The number of benzene rings is 1. The molecular weight excluding hydrogens is 248 g/mol. The molecule has 88 valence electrons. The number of sulfonamides is 1. The van der Waals surface area contributed by atoms with E-state index < -0.39 is 20.7 Å². The number of nitrogens with zero attached hydrogens (tertiary/aromatic N) is 2. The number of hydrogen-bond donors (Lipinski definition) is 3. The van der Waals surface area contributed by atoms with Crippen molar-refractivity contribution in [2.45, 2.75) is 4.90 Å². The quantitative estimate of drug-likeness (QED) is 0.626. The molecule has 17 heavy (non-hydrogen) atoms. The van der Waals surface area contributed by atoms with Crippen molar-refractivity contribution < 1.29 is 17.9 Å². The van der Waals surface area contributed by atoms with Crippen molar-refractivity contribution >= 4 is 27.1 Å². The van der Waals surface area contributed by atoms with Gasteiger partial charge in [-0.1, -0.05) is 0 Å². The molecule has 0 amide bonds. The third kappa shape index (κ3) is 1.65. The van der Waals surface area contributed by atoms with E-state index in [9.17, 15) is 13.5 Å². The Morgan fingerprint density at radius 3 is 2.71 bits per heavy atom. The zero-order valence-corrected chi connectivity index (χ0v) is 9.02. The van der Waals surface area contributed by atoms with Crippen molar-refractivity contribution in [2.24, 2.45) is 5.14 Å². The van der Waals surface area contributed by atoms with Gasteiger partial charge in [-0.15, -0.1) is 0 Å². The van der Waals surface area contributed by atoms with E-state index in [1.807, 2.05) is 0 Å². The van der Waals surface area contributed by atoms with Gasteiger partial charge in [0.2, 0.25) is 10.0 Å². The number of anilines is 1. The average Bonchev–Trinajstić information content (AvgIpc) is 2.56. The zero-order valence-electron chi connectivity index (χ0n) is 8.21. The molecular formula is C8H6N4O4S. The first-order valence-electron chi connectivity index (χ1n) is 4.19. The maximum Gasteiger partial charge on any atom is 0.293 e. The van der Waals surface area contributed by atoms with Crippen molar-refractivity contribution in [1.82, 2.24) is 4.98 Å². The molecule has 0 saturated heterocycles. The number of rotatable bonds is 1. The fraction of sp³-hybridized carbons (Fsp3) is 0. The molecule has 0 bridgehead atoms. The van der Waals surface area contributed by atoms with Crippen LogP contribution in [0.3, 0.4) is 0 Å². The van der Waals surface area contributed by atoms with Gasteiger partial charge in [0.05, 0.1) is 5.56 Å². The summed E-state index contributed by atoms with van der Waals surface area (Å²) in [5.41, 5.74) is 4.77. The summed E-state index contributed by atoms with van der Waals surface area (Å²) in [6, 6.07) is 2.46. The molecule has 0 aliphatic carbocycles. The van der Waals surface area contributed by atoms with Crippen LogP contribution in [0.15, 0.2) is 15.4 Å². The monoisotopic (exact) mass is 254 g/mol. The van der Waals surface area contributed by atoms with Gasteiger partial charge in [0.1, 0.15) is 16.5 Å². The van der Waals surface area contributed by atoms with E-state index in [2.05, 4.69) is 4.98 Å². The second-order valence-corrected chi connectivity index (χ2v) is 4.66. The number of oxazole rings is 1. The van der Waals surface area contributed by atoms with Crippen LogP contribution >= 0.6 is 0 Å². The van der Waals surface area contributed by atoms with Crippen LogP contribution in [0.2, 0.25) is 0 Å². The Kier molecular flexibility index (Phi) is 2.20. The van der Waals surface area contributed by atoms with Crippen molar-refractivity contribution in [3.63, 3.8) is 0 Å². The Morgan fingerprint density at radius 2 is 2.18 bits per heavy atom. The van der Waals surface area contributed by atoms with E-state index >= 15 is 0 Å². The van der Waals surface area contributed by atoms with Crippen LogP contribution in [0.5, 0.6) is 5.75 Å². The van der Waals surface area contributed by atoms with Gasteiger partial charge >= 0.3 is 0 Å². The molecule has 9 heteroatoms. The smallest absolute Gasteiger partial charge is 0.293 e. The minimum atomic E-state index is -4.26. The van der Waals surface area contributed by atoms with E-state index in [0.29, 0.717) is 0 Å². The second kappa shape index (κ2) is 3.34. The highest BCUT2D eigenvalue weighted by atomic mass is 32.2. The van der Waals surface area contributed by atoms with Gasteiger partial charge in [-0.2, -0.15) is 10.2 Å². The van der Waals surface area contributed by atoms with Crippen LogP contribution in [0, 0.1) is 11.3 Å².